The number of hydrogen-bond acceptors (Lipinski definition) is 2. The largest absolute Gasteiger partial charge is 0.305 e. The second-order valence-electron chi connectivity index (χ2n) is 6.58. The average Bonchev–Trinajstić information content (AvgIpc) is 2.48. The second kappa shape index (κ2) is 6.73. The number of rotatable bonds is 5. The zero-order valence-corrected chi connectivity index (χ0v) is 13.5. The van der Waals surface area contributed by atoms with Gasteiger partial charge in [0.15, 0.2) is 0 Å². The number of benzene rings is 1. The van der Waals surface area contributed by atoms with Gasteiger partial charge in [0, 0.05) is 25.7 Å². The molecular weight excluding hydrogens is 244 g/mol. The Balaban J connectivity index is 2.14. The molecular formula is C18H30N2. The summed E-state index contributed by atoms with van der Waals surface area (Å²) in [6.45, 7) is 12.7. The summed E-state index contributed by atoms with van der Waals surface area (Å²) in [5.74, 6) is 0.780. The van der Waals surface area contributed by atoms with Crippen molar-refractivity contribution in [2.75, 3.05) is 19.6 Å². The molecule has 3 atom stereocenters. The fraction of sp³-hybridized carbons (Fsp3) is 0.667. The summed E-state index contributed by atoms with van der Waals surface area (Å²) >= 11 is 0. The zero-order valence-electron chi connectivity index (χ0n) is 13.5. The lowest BCUT2D eigenvalue weighted by molar-refractivity contribution is 0.0699. The average molecular weight is 274 g/mol. The summed E-state index contributed by atoms with van der Waals surface area (Å²) < 4.78 is 0. The molecule has 2 nitrogen and oxygen atoms in total. The van der Waals surface area contributed by atoms with Crippen molar-refractivity contribution in [3.63, 3.8) is 0 Å². The second-order valence-corrected chi connectivity index (χ2v) is 6.58. The Hall–Kier alpha value is -0.860. The lowest BCUT2D eigenvalue weighted by atomic mass is 9.87. The van der Waals surface area contributed by atoms with Crippen LogP contribution in [0.15, 0.2) is 30.3 Å². The molecule has 0 spiro atoms. The topological polar surface area (TPSA) is 15.3 Å². The van der Waals surface area contributed by atoms with Crippen LogP contribution >= 0.6 is 0 Å². The molecule has 20 heavy (non-hydrogen) atoms. The van der Waals surface area contributed by atoms with Crippen molar-refractivity contribution in [2.45, 2.75) is 52.1 Å². The van der Waals surface area contributed by atoms with Crippen LogP contribution in [0.1, 0.15) is 46.1 Å². The first-order valence-corrected chi connectivity index (χ1v) is 8.13. The van der Waals surface area contributed by atoms with Gasteiger partial charge in [-0.1, -0.05) is 57.5 Å². The van der Waals surface area contributed by atoms with Crippen LogP contribution in [-0.2, 0) is 5.54 Å². The first-order chi connectivity index (χ1) is 9.59. The number of nitrogens with zero attached hydrogens (tertiary/aromatic N) is 1. The van der Waals surface area contributed by atoms with Crippen LogP contribution in [0.4, 0.5) is 0 Å². The zero-order chi connectivity index (χ0) is 14.6. The van der Waals surface area contributed by atoms with Gasteiger partial charge in [0.25, 0.3) is 0 Å². The molecule has 0 bridgehead atoms. The third-order valence-corrected chi connectivity index (χ3v) is 4.89. The molecule has 1 saturated heterocycles. The Kier molecular flexibility index (Phi) is 5.22. The Labute approximate surface area is 124 Å². The lowest BCUT2D eigenvalue weighted by Crippen LogP contribution is -2.61. The van der Waals surface area contributed by atoms with E-state index in [4.69, 9.17) is 0 Å². The Morgan fingerprint density at radius 2 is 2.00 bits per heavy atom. The van der Waals surface area contributed by atoms with E-state index in [2.05, 4.69) is 68.2 Å². The molecule has 0 radical (unpaired) electrons. The smallest absolute Gasteiger partial charge is 0.0535 e. The molecule has 1 aromatic carbocycles. The monoisotopic (exact) mass is 274 g/mol. The SMILES string of the molecule is CCC(C)CN1CC(C)(c2ccccc2)NCC1CC. The molecule has 1 aromatic rings. The first-order valence-electron chi connectivity index (χ1n) is 8.13. The van der Waals surface area contributed by atoms with Crippen molar-refractivity contribution in [1.82, 2.24) is 10.2 Å². The van der Waals surface area contributed by atoms with Crippen molar-refractivity contribution in [1.29, 1.82) is 0 Å². The fourth-order valence-corrected chi connectivity index (χ4v) is 3.21. The summed E-state index contributed by atoms with van der Waals surface area (Å²) in [4.78, 5) is 2.71. The molecule has 3 unspecified atom stereocenters. The highest BCUT2D eigenvalue weighted by Gasteiger charge is 2.36. The van der Waals surface area contributed by atoms with Gasteiger partial charge in [-0.25, -0.2) is 0 Å². The van der Waals surface area contributed by atoms with Gasteiger partial charge >= 0.3 is 0 Å². The number of piperazine rings is 1. The minimum absolute atomic E-state index is 0.0837. The highest BCUT2D eigenvalue weighted by molar-refractivity contribution is 5.25. The van der Waals surface area contributed by atoms with Gasteiger partial charge in [-0.15, -0.1) is 0 Å². The molecule has 112 valence electrons. The van der Waals surface area contributed by atoms with E-state index in [1.165, 1.54) is 24.9 Å². The van der Waals surface area contributed by atoms with Crippen molar-refractivity contribution in [3.05, 3.63) is 35.9 Å². The van der Waals surface area contributed by atoms with Crippen LogP contribution in [-0.4, -0.2) is 30.6 Å². The predicted molar refractivity (Wildman–Crippen MR) is 86.9 cm³/mol. The Morgan fingerprint density at radius 3 is 2.60 bits per heavy atom. The van der Waals surface area contributed by atoms with Gasteiger partial charge in [-0.3, -0.25) is 4.90 Å². The van der Waals surface area contributed by atoms with E-state index < -0.39 is 0 Å². The van der Waals surface area contributed by atoms with Gasteiger partial charge in [0.05, 0.1) is 5.54 Å². The maximum Gasteiger partial charge on any atom is 0.0535 e. The van der Waals surface area contributed by atoms with Crippen LogP contribution in [0.3, 0.4) is 0 Å². The fourth-order valence-electron chi connectivity index (χ4n) is 3.21. The molecule has 0 amide bonds. The molecule has 1 N–H and O–H groups in total. The minimum atomic E-state index is 0.0837. The van der Waals surface area contributed by atoms with E-state index in [9.17, 15) is 0 Å². The minimum Gasteiger partial charge on any atom is -0.305 e. The van der Waals surface area contributed by atoms with Crippen LogP contribution in [0.25, 0.3) is 0 Å². The third-order valence-electron chi connectivity index (χ3n) is 4.89. The van der Waals surface area contributed by atoms with Gasteiger partial charge in [0.2, 0.25) is 0 Å². The first kappa shape index (κ1) is 15.5. The number of nitrogens with one attached hydrogen (secondary N) is 1. The highest BCUT2D eigenvalue weighted by atomic mass is 15.3. The molecule has 0 aromatic heterocycles. The van der Waals surface area contributed by atoms with Crippen molar-refractivity contribution in [3.8, 4) is 0 Å². The standard InChI is InChI=1S/C18H30N2/c1-5-15(3)13-20-14-18(4,19-12-17(20)6-2)16-10-8-7-9-11-16/h7-11,15,17,19H,5-6,12-14H2,1-4H3. The summed E-state index contributed by atoms with van der Waals surface area (Å²) in [6, 6.07) is 11.6. The molecule has 1 heterocycles. The van der Waals surface area contributed by atoms with E-state index in [-0.39, 0.29) is 5.54 Å². The molecule has 1 fully saturated rings. The Morgan fingerprint density at radius 1 is 1.30 bits per heavy atom. The van der Waals surface area contributed by atoms with Crippen LogP contribution in [0.2, 0.25) is 0 Å². The van der Waals surface area contributed by atoms with Crippen LogP contribution in [0, 0.1) is 5.92 Å². The highest BCUT2D eigenvalue weighted by Crippen LogP contribution is 2.28. The van der Waals surface area contributed by atoms with E-state index in [0.29, 0.717) is 6.04 Å². The van der Waals surface area contributed by atoms with E-state index in [0.717, 1.165) is 19.0 Å². The van der Waals surface area contributed by atoms with Crippen molar-refractivity contribution < 1.29 is 0 Å². The van der Waals surface area contributed by atoms with E-state index >= 15 is 0 Å². The summed E-state index contributed by atoms with van der Waals surface area (Å²) in [5, 5.41) is 3.79. The van der Waals surface area contributed by atoms with Crippen LogP contribution < -0.4 is 5.32 Å². The van der Waals surface area contributed by atoms with Crippen LogP contribution in [0.5, 0.6) is 0 Å². The maximum atomic E-state index is 3.79. The third kappa shape index (κ3) is 3.42. The molecule has 1 aliphatic heterocycles. The molecule has 0 aliphatic carbocycles. The summed E-state index contributed by atoms with van der Waals surface area (Å²) in [7, 11) is 0. The molecule has 2 rings (SSSR count). The lowest BCUT2D eigenvalue weighted by Gasteiger charge is -2.47. The molecule has 0 saturated carbocycles. The van der Waals surface area contributed by atoms with Gasteiger partial charge < -0.3 is 5.32 Å². The summed E-state index contributed by atoms with van der Waals surface area (Å²) in [6.07, 6.45) is 2.50. The quantitative estimate of drug-likeness (QED) is 0.882. The van der Waals surface area contributed by atoms with Gasteiger partial charge in [-0.05, 0) is 24.8 Å². The number of hydrogen-bond donors (Lipinski definition) is 1. The maximum absolute atomic E-state index is 3.79. The van der Waals surface area contributed by atoms with Crippen molar-refractivity contribution in [2.24, 2.45) is 5.92 Å². The summed E-state index contributed by atoms with van der Waals surface area (Å²) in [5.41, 5.74) is 1.49. The molecule has 2 heteroatoms. The van der Waals surface area contributed by atoms with E-state index in [1.54, 1.807) is 0 Å². The van der Waals surface area contributed by atoms with Crippen molar-refractivity contribution >= 4 is 0 Å². The predicted octanol–water partition coefficient (Wildman–Crippen LogP) is 3.63. The normalized spacial score (nSPS) is 29.3. The van der Waals surface area contributed by atoms with E-state index in [1.807, 2.05) is 0 Å². The van der Waals surface area contributed by atoms with Gasteiger partial charge in [-0.2, -0.15) is 0 Å². The van der Waals surface area contributed by atoms with Gasteiger partial charge in [0.1, 0.15) is 0 Å². The molecule has 1 aliphatic rings. The Bertz CT molecular complexity index is 403.